The summed E-state index contributed by atoms with van der Waals surface area (Å²) in [6.45, 7) is 15.6. The van der Waals surface area contributed by atoms with Gasteiger partial charge in [-0.15, -0.1) is 0 Å². The SMILES string of the molecule is CC(C)(C)C/C=C\CNCC(C)(C)C. The Hall–Kier alpha value is -0.300. The van der Waals surface area contributed by atoms with E-state index in [1.807, 2.05) is 0 Å². The van der Waals surface area contributed by atoms with Crippen LogP contribution >= 0.6 is 0 Å². The second-order valence-electron chi connectivity index (χ2n) is 6.43. The van der Waals surface area contributed by atoms with Crippen LogP contribution in [0.2, 0.25) is 0 Å². The molecular weight excluding hydrogens is 170 g/mol. The van der Waals surface area contributed by atoms with E-state index in [0.717, 1.165) is 19.5 Å². The third-order valence-corrected chi connectivity index (χ3v) is 1.81. The molecule has 14 heavy (non-hydrogen) atoms. The summed E-state index contributed by atoms with van der Waals surface area (Å²) in [6.07, 6.45) is 5.66. The van der Waals surface area contributed by atoms with E-state index < -0.39 is 0 Å². The molecule has 0 aromatic heterocycles. The minimum atomic E-state index is 0.387. The van der Waals surface area contributed by atoms with Crippen molar-refractivity contribution < 1.29 is 0 Å². The Morgan fingerprint density at radius 2 is 1.43 bits per heavy atom. The zero-order valence-corrected chi connectivity index (χ0v) is 10.8. The van der Waals surface area contributed by atoms with Crippen molar-refractivity contribution in [2.45, 2.75) is 48.0 Å². The Morgan fingerprint density at radius 3 is 1.86 bits per heavy atom. The van der Waals surface area contributed by atoms with E-state index in [0.29, 0.717) is 10.8 Å². The van der Waals surface area contributed by atoms with E-state index in [1.54, 1.807) is 0 Å². The van der Waals surface area contributed by atoms with Gasteiger partial charge >= 0.3 is 0 Å². The highest BCUT2D eigenvalue weighted by atomic mass is 14.9. The normalized spacial score (nSPS) is 13.9. The van der Waals surface area contributed by atoms with E-state index in [1.165, 1.54) is 0 Å². The maximum absolute atomic E-state index is 3.42. The number of allylic oxidation sites excluding steroid dienone is 1. The van der Waals surface area contributed by atoms with Crippen molar-refractivity contribution in [3.8, 4) is 0 Å². The summed E-state index contributed by atoms with van der Waals surface area (Å²) in [6, 6.07) is 0. The quantitative estimate of drug-likeness (QED) is 0.536. The largest absolute Gasteiger partial charge is 0.313 e. The van der Waals surface area contributed by atoms with Crippen molar-refractivity contribution in [1.82, 2.24) is 5.32 Å². The average Bonchev–Trinajstić information content (AvgIpc) is 1.92. The van der Waals surface area contributed by atoms with Gasteiger partial charge in [0.2, 0.25) is 0 Å². The van der Waals surface area contributed by atoms with Gasteiger partial charge in [-0.25, -0.2) is 0 Å². The molecular formula is C13H27N. The number of hydrogen-bond donors (Lipinski definition) is 1. The first-order chi connectivity index (χ1) is 6.21. The van der Waals surface area contributed by atoms with Gasteiger partial charge in [0.15, 0.2) is 0 Å². The second-order valence-corrected chi connectivity index (χ2v) is 6.43. The topological polar surface area (TPSA) is 12.0 Å². The molecule has 0 atom stereocenters. The van der Waals surface area contributed by atoms with Crippen LogP contribution in [-0.4, -0.2) is 13.1 Å². The van der Waals surface area contributed by atoms with Crippen molar-refractivity contribution in [2.24, 2.45) is 10.8 Å². The lowest BCUT2D eigenvalue weighted by Crippen LogP contribution is -2.26. The molecule has 0 aliphatic rings. The van der Waals surface area contributed by atoms with Crippen LogP contribution in [0.1, 0.15) is 48.0 Å². The predicted octanol–water partition coefficient (Wildman–Crippen LogP) is 3.61. The molecule has 1 N–H and O–H groups in total. The van der Waals surface area contributed by atoms with Gasteiger partial charge in [0.1, 0.15) is 0 Å². The van der Waals surface area contributed by atoms with E-state index >= 15 is 0 Å². The smallest absolute Gasteiger partial charge is 0.0135 e. The van der Waals surface area contributed by atoms with Gasteiger partial charge in [-0.1, -0.05) is 53.7 Å². The van der Waals surface area contributed by atoms with E-state index in [4.69, 9.17) is 0 Å². The number of nitrogens with one attached hydrogen (secondary N) is 1. The van der Waals surface area contributed by atoms with Gasteiger partial charge < -0.3 is 5.32 Å². The summed E-state index contributed by atoms with van der Waals surface area (Å²) in [7, 11) is 0. The molecule has 0 aromatic carbocycles. The molecule has 1 heteroatoms. The Labute approximate surface area is 90.0 Å². The molecule has 0 rings (SSSR count). The van der Waals surface area contributed by atoms with E-state index in [2.05, 4.69) is 59.0 Å². The third-order valence-electron chi connectivity index (χ3n) is 1.81. The van der Waals surface area contributed by atoms with Gasteiger partial charge in [0, 0.05) is 13.1 Å². The van der Waals surface area contributed by atoms with Crippen LogP contribution in [0.3, 0.4) is 0 Å². The number of hydrogen-bond acceptors (Lipinski definition) is 1. The molecule has 0 saturated heterocycles. The van der Waals surface area contributed by atoms with Crippen LogP contribution in [0.25, 0.3) is 0 Å². The standard InChI is InChI=1S/C13H27N/c1-12(2,3)9-7-8-10-14-11-13(4,5)6/h7-8,14H,9-11H2,1-6H3/b8-7-. The first kappa shape index (κ1) is 13.7. The Balaban J connectivity index is 3.46. The van der Waals surface area contributed by atoms with Crippen LogP contribution in [0.15, 0.2) is 12.2 Å². The molecule has 0 amide bonds. The Kier molecular flexibility index (Phi) is 5.43. The highest BCUT2D eigenvalue weighted by Crippen LogP contribution is 2.18. The lowest BCUT2D eigenvalue weighted by atomic mass is 9.92. The molecule has 0 heterocycles. The summed E-state index contributed by atoms with van der Waals surface area (Å²) >= 11 is 0. The summed E-state index contributed by atoms with van der Waals surface area (Å²) in [5.74, 6) is 0. The van der Waals surface area contributed by atoms with E-state index in [9.17, 15) is 0 Å². The summed E-state index contributed by atoms with van der Waals surface area (Å²) in [4.78, 5) is 0. The minimum absolute atomic E-state index is 0.387. The molecule has 0 radical (unpaired) electrons. The van der Waals surface area contributed by atoms with Crippen LogP contribution < -0.4 is 5.32 Å². The molecule has 0 spiro atoms. The second kappa shape index (κ2) is 5.55. The molecule has 0 saturated carbocycles. The van der Waals surface area contributed by atoms with Gasteiger partial charge in [-0.2, -0.15) is 0 Å². The fraction of sp³-hybridized carbons (Fsp3) is 0.846. The van der Waals surface area contributed by atoms with Crippen molar-refractivity contribution in [3.05, 3.63) is 12.2 Å². The van der Waals surface area contributed by atoms with Crippen LogP contribution in [0.5, 0.6) is 0 Å². The highest BCUT2D eigenvalue weighted by molar-refractivity contribution is 4.87. The monoisotopic (exact) mass is 197 g/mol. The van der Waals surface area contributed by atoms with Crippen molar-refractivity contribution in [2.75, 3.05) is 13.1 Å². The zero-order chi connectivity index (χ0) is 11.2. The molecule has 0 aromatic rings. The van der Waals surface area contributed by atoms with Crippen LogP contribution in [0, 0.1) is 10.8 Å². The number of rotatable bonds is 4. The maximum Gasteiger partial charge on any atom is 0.0135 e. The fourth-order valence-electron chi connectivity index (χ4n) is 1.05. The summed E-state index contributed by atoms with van der Waals surface area (Å²) in [5.41, 5.74) is 0.804. The first-order valence-corrected chi connectivity index (χ1v) is 5.56. The summed E-state index contributed by atoms with van der Waals surface area (Å²) < 4.78 is 0. The lowest BCUT2D eigenvalue weighted by Gasteiger charge is -2.18. The molecule has 1 nitrogen and oxygen atoms in total. The average molecular weight is 197 g/mol. The highest BCUT2D eigenvalue weighted by Gasteiger charge is 2.08. The Bertz CT molecular complexity index is 167. The van der Waals surface area contributed by atoms with E-state index in [-0.39, 0.29) is 0 Å². The van der Waals surface area contributed by atoms with Crippen molar-refractivity contribution in [1.29, 1.82) is 0 Å². The van der Waals surface area contributed by atoms with Crippen LogP contribution in [0.4, 0.5) is 0 Å². The maximum atomic E-state index is 3.42. The van der Waals surface area contributed by atoms with Crippen molar-refractivity contribution in [3.63, 3.8) is 0 Å². The fourth-order valence-corrected chi connectivity index (χ4v) is 1.05. The molecule has 0 aliphatic carbocycles. The molecule has 0 aliphatic heterocycles. The summed E-state index contributed by atoms with van der Waals surface area (Å²) in [5, 5.41) is 3.42. The molecule has 0 unspecified atom stereocenters. The van der Waals surface area contributed by atoms with Gasteiger partial charge in [0.25, 0.3) is 0 Å². The van der Waals surface area contributed by atoms with Crippen LogP contribution in [-0.2, 0) is 0 Å². The predicted molar refractivity (Wildman–Crippen MR) is 65.5 cm³/mol. The lowest BCUT2D eigenvalue weighted by molar-refractivity contribution is 0.388. The Morgan fingerprint density at radius 1 is 0.857 bits per heavy atom. The zero-order valence-electron chi connectivity index (χ0n) is 10.8. The minimum Gasteiger partial charge on any atom is -0.313 e. The van der Waals surface area contributed by atoms with Gasteiger partial charge in [0.05, 0.1) is 0 Å². The van der Waals surface area contributed by atoms with Crippen molar-refractivity contribution >= 4 is 0 Å². The third kappa shape index (κ3) is 11.7. The van der Waals surface area contributed by atoms with Gasteiger partial charge in [-0.3, -0.25) is 0 Å². The first-order valence-electron chi connectivity index (χ1n) is 5.56. The van der Waals surface area contributed by atoms with Gasteiger partial charge in [-0.05, 0) is 17.3 Å². The molecule has 0 fully saturated rings. The molecule has 84 valence electrons. The molecule has 0 bridgehead atoms.